The van der Waals surface area contributed by atoms with Crippen molar-refractivity contribution in [2.24, 2.45) is 10.2 Å². The van der Waals surface area contributed by atoms with Crippen molar-refractivity contribution in [3.8, 4) is 0 Å². The van der Waals surface area contributed by atoms with Gasteiger partial charge in [0.25, 0.3) is 11.5 Å². The van der Waals surface area contributed by atoms with Gasteiger partial charge in [-0.3, -0.25) is 9.59 Å². The highest BCUT2D eigenvalue weighted by Crippen LogP contribution is 2.39. The molecule has 1 aromatic heterocycles. The zero-order valence-electron chi connectivity index (χ0n) is 10.3. The molecule has 3 heterocycles. The number of nitrogens with zero attached hydrogens (tertiary/aromatic N) is 4. The van der Waals surface area contributed by atoms with E-state index in [2.05, 4.69) is 20.2 Å². The fourth-order valence-electron chi connectivity index (χ4n) is 2.48. The van der Waals surface area contributed by atoms with Gasteiger partial charge in [0, 0.05) is 24.9 Å². The normalized spacial score (nSPS) is 23.1. The van der Waals surface area contributed by atoms with Gasteiger partial charge in [-0.05, 0) is 12.8 Å². The van der Waals surface area contributed by atoms with Gasteiger partial charge in [0.1, 0.15) is 11.5 Å². The van der Waals surface area contributed by atoms with E-state index in [1.54, 1.807) is 4.90 Å². The molecular formula is C12H13N5O2. The maximum absolute atomic E-state index is 12.3. The molecule has 2 fully saturated rings. The maximum Gasteiger partial charge on any atom is 0.272 e. The highest BCUT2D eigenvalue weighted by Gasteiger charge is 2.48. The molecule has 19 heavy (non-hydrogen) atoms. The van der Waals surface area contributed by atoms with Crippen molar-refractivity contribution >= 4 is 5.91 Å². The van der Waals surface area contributed by atoms with Gasteiger partial charge >= 0.3 is 0 Å². The number of carbonyl (C=O) groups excluding carboxylic acids is 1. The van der Waals surface area contributed by atoms with Crippen LogP contribution in [0.3, 0.4) is 0 Å². The summed E-state index contributed by atoms with van der Waals surface area (Å²) in [4.78, 5) is 32.6. The molecule has 98 valence electrons. The predicted molar refractivity (Wildman–Crippen MR) is 64.9 cm³/mol. The van der Waals surface area contributed by atoms with Crippen LogP contribution in [0.1, 0.15) is 41.5 Å². The Morgan fingerprint density at radius 3 is 2.84 bits per heavy atom. The molecule has 7 heteroatoms. The Morgan fingerprint density at radius 2 is 2.21 bits per heavy atom. The number of likely N-dealkylation sites (tertiary alicyclic amines) is 1. The van der Waals surface area contributed by atoms with Gasteiger partial charge in [0.15, 0.2) is 0 Å². The number of carbonyl (C=O) groups is 1. The van der Waals surface area contributed by atoms with E-state index in [1.165, 1.54) is 6.07 Å². The molecule has 0 bridgehead atoms. The van der Waals surface area contributed by atoms with Crippen LogP contribution in [-0.4, -0.2) is 39.5 Å². The molecule has 0 aromatic carbocycles. The Kier molecular flexibility index (Phi) is 1.99. The summed E-state index contributed by atoms with van der Waals surface area (Å²) in [6.07, 6.45) is 2.84. The summed E-state index contributed by atoms with van der Waals surface area (Å²) in [5.41, 5.74) is -0.353. The number of H-pyrrole nitrogens is 1. The topological polar surface area (TPSA) is 90.8 Å². The van der Waals surface area contributed by atoms with Crippen LogP contribution in [0.5, 0.6) is 0 Å². The van der Waals surface area contributed by atoms with Gasteiger partial charge < -0.3 is 9.88 Å². The van der Waals surface area contributed by atoms with Crippen LogP contribution in [-0.2, 0) is 0 Å². The van der Waals surface area contributed by atoms with Gasteiger partial charge in [0.2, 0.25) is 5.66 Å². The van der Waals surface area contributed by atoms with E-state index in [-0.39, 0.29) is 22.8 Å². The number of aromatic nitrogens is 2. The summed E-state index contributed by atoms with van der Waals surface area (Å²) in [7, 11) is 0. The summed E-state index contributed by atoms with van der Waals surface area (Å²) in [5, 5.41) is 7.95. The molecule has 2 aliphatic heterocycles. The van der Waals surface area contributed by atoms with Crippen LogP contribution < -0.4 is 5.56 Å². The summed E-state index contributed by atoms with van der Waals surface area (Å²) >= 11 is 0. The quantitative estimate of drug-likeness (QED) is 0.845. The van der Waals surface area contributed by atoms with Crippen molar-refractivity contribution in [3.63, 3.8) is 0 Å². The molecular weight excluding hydrogens is 246 g/mol. The van der Waals surface area contributed by atoms with Crippen molar-refractivity contribution in [2.45, 2.75) is 30.8 Å². The summed E-state index contributed by atoms with van der Waals surface area (Å²) in [6.45, 7) is 1.14. The number of rotatable bonds is 2. The molecule has 3 aliphatic rings. The number of hydrogen-bond donors (Lipinski definition) is 1. The van der Waals surface area contributed by atoms with Crippen molar-refractivity contribution in [2.75, 3.05) is 13.1 Å². The maximum atomic E-state index is 12.3. The zero-order valence-corrected chi connectivity index (χ0v) is 10.3. The summed E-state index contributed by atoms with van der Waals surface area (Å²) in [5.74, 6) is 0.770. The third-order valence-corrected chi connectivity index (χ3v) is 3.84. The molecule has 4 rings (SSSR count). The lowest BCUT2D eigenvalue weighted by Crippen LogP contribution is -2.32. The van der Waals surface area contributed by atoms with Crippen molar-refractivity contribution in [3.05, 3.63) is 27.9 Å². The Bertz CT molecular complexity index is 640. The lowest BCUT2D eigenvalue weighted by atomic mass is 10.2. The van der Waals surface area contributed by atoms with Crippen LogP contribution >= 0.6 is 0 Å². The molecule has 1 spiro atoms. The van der Waals surface area contributed by atoms with Gasteiger partial charge in [-0.25, -0.2) is 4.98 Å². The molecule has 1 saturated heterocycles. The van der Waals surface area contributed by atoms with E-state index in [4.69, 9.17) is 0 Å². The minimum absolute atomic E-state index is 0.192. The van der Waals surface area contributed by atoms with Crippen molar-refractivity contribution in [1.82, 2.24) is 14.9 Å². The van der Waals surface area contributed by atoms with E-state index < -0.39 is 0 Å². The predicted octanol–water partition coefficient (Wildman–Crippen LogP) is 0.655. The van der Waals surface area contributed by atoms with Crippen molar-refractivity contribution in [1.29, 1.82) is 0 Å². The van der Waals surface area contributed by atoms with Crippen LogP contribution in [0.4, 0.5) is 0 Å². The highest BCUT2D eigenvalue weighted by molar-refractivity contribution is 5.92. The third-order valence-electron chi connectivity index (χ3n) is 3.84. The molecule has 1 N–H and O–H groups in total. The van der Waals surface area contributed by atoms with E-state index in [1.807, 2.05) is 0 Å². The fraction of sp³-hybridized carbons (Fsp3) is 0.583. The van der Waals surface area contributed by atoms with E-state index in [0.717, 1.165) is 19.3 Å². The van der Waals surface area contributed by atoms with Gasteiger partial charge in [-0.1, -0.05) is 0 Å². The first-order valence-corrected chi connectivity index (χ1v) is 6.50. The largest absolute Gasteiger partial charge is 0.333 e. The van der Waals surface area contributed by atoms with E-state index >= 15 is 0 Å². The number of amides is 1. The average Bonchev–Trinajstić information content (AvgIpc) is 3.27. The fourth-order valence-corrected chi connectivity index (χ4v) is 2.48. The first-order valence-electron chi connectivity index (χ1n) is 6.50. The number of aromatic amines is 1. The molecule has 7 nitrogen and oxygen atoms in total. The second kappa shape index (κ2) is 3.49. The average molecular weight is 259 g/mol. The second-order valence-electron chi connectivity index (χ2n) is 5.45. The second-order valence-corrected chi connectivity index (χ2v) is 5.45. The summed E-state index contributed by atoms with van der Waals surface area (Å²) in [6, 6.07) is 1.28. The van der Waals surface area contributed by atoms with E-state index in [9.17, 15) is 9.59 Å². The first kappa shape index (κ1) is 10.8. The standard InChI is InChI=1S/C12H13N5O2/c18-9-5-8(13-10(14-9)7-1-2-7)11(19)17-4-3-12(6-17)15-16-12/h5,7H,1-4,6H2,(H,13,14,18). The third kappa shape index (κ3) is 1.85. The highest BCUT2D eigenvalue weighted by atomic mass is 16.2. The molecule has 0 atom stereocenters. The van der Waals surface area contributed by atoms with Crippen molar-refractivity contribution < 1.29 is 4.79 Å². The molecule has 1 saturated carbocycles. The van der Waals surface area contributed by atoms with Crippen LogP contribution in [0.15, 0.2) is 21.1 Å². The van der Waals surface area contributed by atoms with Gasteiger partial charge in [0.05, 0.1) is 6.54 Å². The Labute approximate surface area is 108 Å². The number of hydrogen-bond acceptors (Lipinski definition) is 5. The van der Waals surface area contributed by atoms with Crippen LogP contribution in [0, 0.1) is 0 Å². The lowest BCUT2D eigenvalue weighted by molar-refractivity contribution is 0.0782. The first-order chi connectivity index (χ1) is 9.15. The molecule has 0 unspecified atom stereocenters. The molecule has 1 aliphatic carbocycles. The minimum atomic E-state index is -0.337. The summed E-state index contributed by atoms with van der Waals surface area (Å²) < 4.78 is 0. The molecule has 1 amide bonds. The molecule has 1 aromatic rings. The van der Waals surface area contributed by atoms with Gasteiger partial charge in [-0.15, -0.1) is 0 Å². The Balaban J connectivity index is 1.60. The smallest absolute Gasteiger partial charge is 0.272 e. The van der Waals surface area contributed by atoms with Crippen LogP contribution in [0.2, 0.25) is 0 Å². The van der Waals surface area contributed by atoms with E-state index in [0.29, 0.717) is 24.8 Å². The monoisotopic (exact) mass is 259 g/mol. The van der Waals surface area contributed by atoms with Crippen LogP contribution in [0.25, 0.3) is 0 Å². The number of nitrogens with one attached hydrogen (secondary N) is 1. The molecule has 0 radical (unpaired) electrons. The Morgan fingerprint density at radius 1 is 1.42 bits per heavy atom. The zero-order chi connectivity index (χ0) is 13.0. The minimum Gasteiger partial charge on any atom is -0.333 e. The Hall–Kier alpha value is -2.05. The SMILES string of the molecule is O=C(c1cc(=O)[nH]c(C2CC2)n1)N1CCC2(C1)N=N2. The lowest BCUT2D eigenvalue weighted by Gasteiger charge is -2.14. The van der Waals surface area contributed by atoms with Gasteiger partial charge in [-0.2, -0.15) is 10.2 Å².